The molecule has 1 aromatic carbocycles. The van der Waals surface area contributed by atoms with Crippen molar-refractivity contribution < 1.29 is 9.13 Å². The summed E-state index contributed by atoms with van der Waals surface area (Å²) in [4.78, 5) is 0. The summed E-state index contributed by atoms with van der Waals surface area (Å²) in [5.41, 5.74) is 6.59. The Morgan fingerprint density at radius 2 is 2.19 bits per heavy atom. The van der Waals surface area contributed by atoms with Crippen LogP contribution in [0.15, 0.2) is 12.1 Å². The van der Waals surface area contributed by atoms with E-state index in [0.29, 0.717) is 16.1 Å². The average molecular weight is 244 g/mol. The van der Waals surface area contributed by atoms with Crippen molar-refractivity contribution in [2.75, 3.05) is 7.11 Å². The summed E-state index contributed by atoms with van der Waals surface area (Å²) in [6.07, 6.45) is 2.68. The summed E-state index contributed by atoms with van der Waals surface area (Å²) in [7, 11) is 1.53. The highest BCUT2D eigenvalue weighted by atomic mass is 35.5. The number of halogens is 2. The van der Waals surface area contributed by atoms with Crippen LogP contribution in [0.25, 0.3) is 0 Å². The van der Waals surface area contributed by atoms with Crippen molar-refractivity contribution in [3.05, 3.63) is 34.1 Å². The molecule has 1 aromatic rings. The fraction of sp³-hybridized carbons (Fsp3) is 0.500. The Balaban J connectivity index is 2.44. The molecule has 0 unspecified atom stereocenters. The maximum Gasteiger partial charge on any atom is 0.133 e. The van der Waals surface area contributed by atoms with Crippen LogP contribution < -0.4 is 5.73 Å². The molecule has 1 aliphatic carbocycles. The Morgan fingerprint density at radius 3 is 2.69 bits per heavy atom. The largest absolute Gasteiger partial charge is 0.380 e. The highest BCUT2D eigenvalue weighted by Crippen LogP contribution is 2.41. The van der Waals surface area contributed by atoms with Gasteiger partial charge in [-0.05, 0) is 31.4 Å². The van der Waals surface area contributed by atoms with Gasteiger partial charge >= 0.3 is 0 Å². The molecular weight excluding hydrogens is 229 g/mol. The molecule has 0 radical (unpaired) electrons. The minimum Gasteiger partial charge on any atom is -0.380 e. The molecule has 0 saturated heterocycles. The normalized spacial score (nSPS) is 18.2. The van der Waals surface area contributed by atoms with Crippen LogP contribution in [0.3, 0.4) is 0 Å². The molecule has 88 valence electrons. The Hall–Kier alpha value is -0.640. The average Bonchev–Trinajstić information content (AvgIpc) is 2.20. The van der Waals surface area contributed by atoms with Gasteiger partial charge in [-0.3, -0.25) is 0 Å². The Bertz CT molecular complexity index is 404. The highest BCUT2D eigenvalue weighted by molar-refractivity contribution is 6.30. The van der Waals surface area contributed by atoms with Gasteiger partial charge in [0.25, 0.3) is 0 Å². The SMILES string of the molecule is COCc1cc(Cl)cc(C2(N)CCC2)c1F. The third-order valence-electron chi connectivity index (χ3n) is 3.19. The van der Waals surface area contributed by atoms with E-state index in [0.717, 1.165) is 19.3 Å². The molecule has 2 N–H and O–H groups in total. The van der Waals surface area contributed by atoms with E-state index in [1.54, 1.807) is 12.1 Å². The van der Waals surface area contributed by atoms with Crippen LogP contribution in [-0.2, 0) is 16.9 Å². The van der Waals surface area contributed by atoms with Gasteiger partial charge in [0, 0.05) is 28.8 Å². The van der Waals surface area contributed by atoms with E-state index in [1.807, 2.05) is 0 Å². The fourth-order valence-electron chi connectivity index (χ4n) is 2.10. The number of rotatable bonds is 3. The van der Waals surface area contributed by atoms with Crippen molar-refractivity contribution in [2.45, 2.75) is 31.4 Å². The van der Waals surface area contributed by atoms with E-state index in [9.17, 15) is 4.39 Å². The first-order valence-electron chi connectivity index (χ1n) is 5.33. The van der Waals surface area contributed by atoms with E-state index in [-0.39, 0.29) is 12.4 Å². The van der Waals surface area contributed by atoms with Crippen LogP contribution >= 0.6 is 11.6 Å². The molecule has 0 spiro atoms. The molecule has 0 aliphatic heterocycles. The van der Waals surface area contributed by atoms with Gasteiger partial charge in [0.2, 0.25) is 0 Å². The summed E-state index contributed by atoms with van der Waals surface area (Å²) in [6.45, 7) is 0.218. The summed E-state index contributed by atoms with van der Waals surface area (Å²) < 4.78 is 19.1. The molecule has 0 heterocycles. The first-order valence-corrected chi connectivity index (χ1v) is 5.71. The maximum atomic E-state index is 14.1. The molecule has 0 aromatic heterocycles. The van der Waals surface area contributed by atoms with E-state index < -0.39 is 5.54 Å². The number of ether oxygens (including phenoxy) is 1. The smallest absolute Gasteiger partial charge is 0.133 e. The number of hydrogen-bond acceptors (Lipinski definition) is 2. The molecule has 0 bridgehead atoms. The van der Waals surface area contributed by atoms with Gasteiger partial charge in [-0.1, -0.05) is 11.6 Å². The summed E-state index contributed by atoms with van der Waals surface area (Å²) >= 11 is 5.97. The van der Waals surface area contributed by atoms with E-state index >= 15 is 0 Å². The van der Waals surface area contributed by atoms with Crippen LogP contribution in [0.4, 0.5) is 4.39 Å². The lowest BCUT2D eigenvalue weighted by atomic mass is 9.72. The quantitative estimate of drug-likeness (QED) is 0.886. The predicted molar refractivity (Wildman–Crippen MR) is 61.8 cm³/mol. The highest BCUT2D eigenvalue weighted by Gasteiger charge is 2.37. The molecule has 4 heteroatoms. The van der Waals surface area contributed by atoms with Crippen LogP contribution in [0.2, 0.25) is 5.02 Å². The topological polar surface area (TPSA) is 35.2 Å². The molecule has 2 nitrogen and oxygen atoms in total. The third-order valence-corrected chi connectivity index (χ3v) is 3.41. The second kappa shape index (κ2) is 4.32. The third kappa shape index (κ3) is 1.95. The second-order valence-electron chi connectivity index (χ2n) is 4.37. The van der Waals surface area contributed by atoms with Crippen LogP contribution in [-0.4, -0.2) is 7.11 Å². The zero-order chi connectivity index (χ0) is 11.8. The fourth-order valence-corrected chi connectivity index (χ4v) is 2.34. The van der Waals surface area contributed by atoms with Crippen LogP contribution in [0.5, 0.6) is 0 Å². The molecule has 0 atom stereocenters. The summed E-state index contributed by atoms with van der Waals surface area (Å²) in [6, 6.07) is 3.22. The van der Waals surface area contributed by atoms with Crippen LogP contribution in [0, 0.1) is 5.82 Å². The predicted octanol–water partition coefficient (Wildman–Crippen LogP) is 2.96. The molecular formula is C12H15ClFNO. The van der Waals surface area contributed by atoms with Crippen LogP contribution in [0.1, 0.15) is 30.4 Å². The maximum absolute atomic E-state index is 14.1. The van der Waals surface area contributed by atoms with Gasteiger partial charge in [0.15, 0.2) is 0 Å². The minimum absolute atomic E-state index is 0.218. The number of benzene rings is 1. The van der Waals surface area contributed by atoms with E-state index in [2.05, 4.69) is 0 Å². The number of nitrogens with two attached hydrogens (primary N) is 1. The zero-order valence-electron chi connectivity index (χ0n) is 9.22. The lowest BCUT2D eigenvalue weighted by Gasteiger charge is -2.39. The molecule has 1 fully saturated rings. The first-order chi connectivity index (χ1) is 7.57. The zero-order valence-corrected chi connectivity index (χ0v) is 9.98. The Kier molecular flexibility index (Phi) is 3.19. The molecule has 1 aliphatic rings. The van der Waals surface area contributed by atoms with Gasteiger partial charge in [0.1, 0.15) is 5.82 Å². The van der Waals surface area contributed by atoms with Gasteiger partial charge in [0.05, 0.1) is 6.61 Å². The molecule has 1 saturated carbocycles. The van der Waals surface area contributed by atoms with E-state index in [4.69, 9.17) is 22.1 Å². The molecule has 0 amide bonds. The van der Waals surface area contributed by atoms with E-state index in [1.165, 1.54) is 7.11 Å². The number of methoxy groups -OCH3 is 1. The molecule has 2 rings (SSSR count). The van der Waals surface area contributed by atoms with Crippen molar-refractivity contribution in [3.8, 4) is 0 Å². The Morgan fingerprint density at radius 1 is 1.50 bits per heavy atom. The van der Waals surface area contributed by atoms with Crippen molar-refractivity contribution >= 4 is 11.6 Å². The van der Waals surface area contributed by atoms with Gasteiger partial charge in [-0.2, -0.15) is 0 Å². The lowest BCUT2D eigenvalue weighted by molar-refractivity contribution is 0.179. The van der Waals surface area contributed by atoms with Gasteiger partial charge in [-0.25, -0.2) is 4.39 Å². The standard InChI is InChI=1S/C12H15ClFNO/c1-16-7-8-5-9(13)6-10(11(8)14)12(15)3-2-4-12/h5-6H,2-4,7,15H2,1H3. The second-order valence-corrected chi connectivity index (χ2v) is 4.81. The summed E-state index contributed by atoms with van der Waals surface area (Å²) in [5.74, 6) is -0.270. The van der Waals surface area contributed by atoms with Gasteiger partial charge < -0.3 is 10.5 Å². The van der Waals surface area contributed by atoms with Crippen molar-refractivity contribution in [3.63, 3.8) is 0 Å². The first kappa shape index (κ1) is 11.8. The van der Waals surface area contributed by atoms with Gasteiger partial charge in [-0.15, -0.1) is 0 Å². The lowest BCUT2D eigenvalue weighted by Crippen LogP contribution is -2.44. The van der Waals surface area contributed by atoms with Crippen molar-refractivity contribution in [1.82, 2.24) is 0 Å². The minimum atomic E-state index is -0.530. The van der Waals surface area contributed by atoms with Crippen molar-refractivity contribution in [2.24, 2.45) is 5.73 Å². The molecule has 16 heavy (non-hydrogen) atoms. The summed E-state index contributed by atoms with van der Waals surface area (Å²) in [5, 5.41) is 0.514. The monoisotopic (exact) mass is 243 g/mol. The van der Waals surface area contributed by atoms with Crippen molar-refractivity contribution in [1.29, 1.82) is 0 Å². The Labute approximate surface area is 99.5 Å². The number of hydrogen-bond donors (Lipinski definition) is 1.